The van der Waals surface area contributed by atoms with Gasteiger partial charge in [-0.1, -0.05) is 12.1 Å². The second-order valence-electron chi connectivity index (χ2n) is 4.67. The van der Waals surface area contributed by atoms with Crippen molar-refractivity contribution < 1.29 is 18.3 Å². The molecule has 0 unspecified atom stereocenters. The zero-order valence-corrected chi connectivity index (χ0v) is 12.1. The number of carbonyl (C=O) groups is 1. The highest BCUT2D eigenvalue weighted by Gasteiger charge is 2.27. The van der Waals surface area contributed by atoms with Crippen molar-refractivity contribution in [3.05, 3.63) is 29.8 Å². The van der Waals surface area contributed by atoms with Crippen LogP contribution in [0, 0.1) is 6.92 Å². The van der Waals surface area contributed by atoms with Crippen LogP contribution < -0.4 is 0 Å². The number of nitrogens with zero attached hydrogens (tertiary/aromatic N) is 1. The fourth-order valence-electron chi connectivity index (χ4n) is 1.77. The Morgan fingerprint density at radius 2 is 2.00 bits per heavy atom. The molecule has 0 atom stereocenters. The van der Waals surface area contributed by atoms with Gasteiger partial charge in [-0.25, -0.2) is 8.42 Å². The van der Waals surface area contributed by atoms with Gasteiger partial charge < -0.3 is 5.11 Å². The standard InChI is InChI=1S/C13H19NO4S/c1-10(2)14(8-7-13(15)16)19(17,18)12-6-4-5-11(3)9-12/h4-6,9-10H,7-8H2,1-3H3,(H,15,16). The summed E-state index contributed by atoms with van der Waals surface area (Å²) in [6.45, 7) is 5.25. The predicted octanol–water partition coefficient (Wildman–Crippen LogP) is 1.87. The van der Waals surface area contributed by atoms with Gasteiger partial charge in [0.05, 0.1) is 11.3 Å². The van der Waals surface area contributed by atoms with Crippen LogP contribution >= 0.6 is 0 Å². The molecule has 0 saturated carbocycles. The van der Waals surface area contributed by atoms with Crippen molar-refractivity contribution >= 4 is 16.0 Å². The van der Waals surface area contributed by atoms with Gasteiger partial charge in [0.1, 0.15) is 0 Å². The molecule has 0 bridgehead atoms. The number of hydrogen-bond donors (Lipinski definition) is 1. The molecule has 1 aromatic rings. The maximum absolute atomic E-state index is 12.5. The molecule has 1 aromatic carbocycles. The Bertz CT molecular complexity index is 552. The number of carboxylic acid groups (broad SMARTS) is 1. The first-order valence-electron chi connectivity index (χ1n) is 6.05. The summed E-state index contributed by atoms with van der Waals surface area (Å²) in [5, 5.41) is 8.70. The van der Waals surface area contributed by atoms with Gasteiger partial charge in [0, 0.05) is 12.6 Å². The van der Waals surface area contributed by atoms with Gasteiger partial charge >= 0.3 is 5.97 Å². The fourth-order valence-corrected chi connectivity index (χ4v) is 3.52. The van der Waals surface area contributed by atoms with E-state index in [0.717, 1.165) is 5.56 Å². The monoisotopic (exact) mass is 285 g/mol. The Morgan fingerprint density at radius 1 is 1.37 bits per heavy atom. The lowest BCUT2D eigenvalue weighted by Crippen LogP contribution is -2.38. The van der Waals surface area contributed by atoms with Gasteiger partial charge in [0.15, 0.2) is 0 Å². The molecule has 0 aliphatic rings. The quantitative estimate of drug-likeness (QED) is 0.865. The molecule has 0 radical (unpaired) electrons. The maximum Gasteiger partial charge on any atom is 0.304 e. The Hall–Kier alpha value is -1.40. The van der Waals surface area contributed by atoms with E-state index in [1.165, 1.54) is 10.4 Å². The fraction of sp³-hybridized carbons (Fsp3) is 0.462. The number of sulfonamides is 1. The van der Waals surface area contributed by atoms with Gasteiger partial charge in [0.25, 0.3) is 0 Å². The van der Waals surface area contributed by atoms with Crippen molar-refractivity contribution in [3.8, 4) is 0 Å². The van der Waals surface area contributed by atoms with Gasteiger partial charge in [-0.3, -0.25) is 4.79 Å². The number of hydrogen-bond acceptors (Lipinski definition) is 3. The van der Waals surface area contributed by atoms with Crippen LogP contribution in [0.15, 0.2) is 29.2 Å². The number of benzene rings is 1. The summed E-state index contributed by atoms with van der Waals surface area (Å²) in [6.07, 6.45) is -0.205. The highest BCUT2D eigenvalue weighted by atomic mass is 32.2. The molecular formula is C13H19NO4S. The van der Waals surface area contributed by atoms with E-state index in [1.807, 2.05) is 13.0 Å². The third-order valence-electron chi connectivity index (χ3n) is 2.72. The SMILES string of the molecule is Cc1cccc(S(=O)(=O)N(CCC(=O)O)C(C)C)c1. The average Bonchev–Trinajstić information content (AvgIpc) is 2.27. The first kappa shape index (κ1) is 15.7. The topological polar surface area (TPSA) is 74.7 Å². The van der Waals surface area contributed by atoms with Crippen molar-refractivity contribution in [2.45, 2.75) is 38.1 Å². The minimum atomic E-state index is -3.65. The van der Waals surface area contributed by atoms with E-state index in [9.17, 15) is 13.2 Å². The number of carboxylic acids is 1. The molecular weight excluding hydrogens is 266 g/mol. The van der Waals surface area contributed by atoms with Crippen LogP contribution in [0.3, 0.4) is 0 Å². The molecule has 0 spiro atoms. The van der Waals surface area contributed by atoms with Crippen LogP contribution in [-0.2, 0) is 14.8 Å². The summed E-state index contributed by atoms with van der Waals surface area (Å²) in [5.41, 5.74) is 0.850. The van der Waals surface area contributed by atoms with E-state index in [0.29, 0.717) is 0 Å². The van der Waals surface area contributed by atoms with E-state index < -0.39 is 16.0 Å². The van der Waals surface area contributed by atoms with Gasteiger partial charge in [0.2, 0.25) is 10.0 Å². The lowest BCUT2D eigenvalue weighted by Gasteiger charge is -2.25. The minimum Gasteiger partial charge on any atom is -0.481 e. The summed E-state index contributed by atoms with van der Waals surface area (Å²) in [5.74, 6) is -1.01. The average molecular weight is 285 g/mol. The molecule has 0 aliphatic heterocycles. The predicted molar refractivity (Wildman–Crippen MR) is 72.5 cm³/mol. The summed E-state index contributed by atoms with van der Waals surface area (Å²) < 4.78 is 26.2. The van der Waals surface area contributed by atoms with Crippen LogP contribution in [-0.4, -0.2) is 36.4 Å². The summed E-state index contributed by atoms with van der Waals surface area (Å²) in [6, 6.07) is 6.32. The van der Waals surface area contributed by atoms with Gasteiger partial charge in [-0.05, 0) is 38.5 Å². The maximum atomic E-state index is 12.5. The van der Waals surface area contributed by atoms with E-state index >= 15 is 0 Å². The van der Waals surface area contributed by atoms with Crippen molar-refractivity contribution in [2.24, 2.45) is 0 Å². The Kier molecular flexibility index (Phi) is 5.08. The highest BCUT2D eigenvalue weighted by Crippen LogP contribution is 2.19. The third kappa shape index (κ3) is 4.04. The largest absolute Gasteiger partial charge is 0.481 e. The molecule has 0 aromatic heterocycles. The molecule has 0 amide bonds. The molecule has 0 fully saturated rings. The van der Waals surface area contributed by atoms with Crippen molar-refractivity contribution in [2.75, 3.05) is 6.54 Å². The first-order chi connectivity index (χ1) is 8.75. The number of rotatable bonds is 6. The van der Waals surface area contributed by atoms with E-state index in [2.05, 4.69) is 0 Å². The van der Waals surface area contributed by atoms with E-state index in [4.69, 9.17) is 5.11 Å². The molecule has 19 heavy (non-hydrogen) atoms. The zero-order chi connectivity index (χ0) is 14.6. The van der Waals surface area contributed by atoms with Crippen LogP contribution in [0.1, 0.15) is 25.8 Å². The zero-order valence-electron chi connectivity index (χ0n) is 11.3. The van der Waals surface area contributed by atoms with E-state index in [-0.39, 0.29) is 23.9 Å². The molecule has 106 valence electrons. The van der Waals surface area contributed by atoms with Crippen LogP contribution in [0.2, 0.25) is 0 Å². The normalized spacial score (nSPS) is 12.1. The Labute approximate surface area is 113 Å². The van der Waals surface area contributed by atoms with Gasteiger partial charge in [-0.2, -0.15) is 4.31 Å². The third-order valence-corrected chi connectivity index (χ3v) is 4.79. The summed E-state index contributed by atoms with van der Waals surface area (Å²) in [7, 11) is -3.65. The van der Waals surface area contributed by atoms with Crippen LogP contribution in [0.5, 0.6) is 0 Å². The van der Waals surface area contributed by atoms with Crippen molar-refractivity contribution in [1.82, 2.24) is 4.31 Å². The molecule has 6 heteroatoms. The van der Waals surface area contributed by atoms with Crippen molar-refractivity contribution in [3.63, 3.8) is 0 Å². The Balaban J connectivity index is 3.09. The number of aryl methyl sites for hydroxylation is 1. The van der Waals surface area contributed by atoms with Gasteiger partial charge in [-0.15, -0.1) is 0 Å². The Morgan fingerprint density at radius 3 is 2.47 bits per heavy atom. The second kappa shape index (κ2) is 6.16. The highest BCUT2D eigenvalue weighted by molar-refractivity contribution is 7.89. The minimum absolute atomic E-state index is 0.0245. The second-order valence-corrected chi connectivity index (χ2v) is 6.56. The molecule has 5 nitrogen and oxygen atoms in total. The summed E-state index contributed by atoms with van der Waals surface area (Å²) >= 11 is 0. The van der Waals surface area contributed by atoms with Crippen LogP contribution in [0.4, 0.5) is 0 Å². The van der Waals surface area contributed by atoms with E-state index in [1.54, 1.807) is 26.0 Å². The lowest BCUT2D eigenvalue weighted by molar-refractivity contribution is -0.137. The smallest absolute Gasteiger partial charge is 0.304 e. The molecule has 0 heterocycles. The molecule has 1 N–H and O–H groups in total. The molecule has 0 saturated heterocycles. The summed E-state index contributed by atoms with van der Waals surface area (Å²) in [4.78, 5) is 10.8. The lowest BCUT2D eigenvalue weighted by atomic mass is 10.2. The molecule has 0 aliphatic carbocycles. The van der Waals surface area contributed by atoms with Crippen LogP contribution in [0.25, 0.3) is 0 Å². The number of aliphatic carboxylic acids is 1. The molecule has 1 rings (SSSR count). The van der Waals surface area contributed by atoms with Crippen molar-refractivity contribution in [1.29, 1.82) is 0 Å². The first-order valence-corrected chi connectivity index (χ1v) is 7.49.